The average molecular weight is 228 g/mol. The lowest BCUT2D eigenvalue weighted by molar-refractivity contribution is -0.149. The van der Waals surface area contributed by atoms with Crippen LogP contribution < -0.4 is 4.74 Å². The number of carboxylic acid groups (broad SMARTS) is 1. The molecule has 1 rings (SSSR count). The van der Waals surface area contributed by atoms with Crippen molar-refractivity contribution >= 4 is 5.97 Å². The van der Waals surface area contributed by atoms with Crippen LogP contribution in [-0.4, -0.2) is 24.3 Å². The van der Waals surface area contributed by atoms with Gasteiger partial charge in [-0.2, -0.15) is 0 Å². The highest BCUT2D eigenvalue weighted by molar-refractivity contribution is 5.71. The molecule has 0 aliphatic heterocycles. The second kappa shape index (κ2) is 5.46. The van der Waals surface area contributed by atoms with E-state index in [0.29, 0.717) is 5.56 Å². The first-order valence-electron chi connectivity index (χ1n) is 4.71. The summed E-state index contributed by atoms with van der Waals surface area (Å²) in [6.45, 7) is 1.47. The molecule has 0 amide bonds. The summed E-state index contributed by atoms with van der Waals surface area (Å²) in [4.78, 5) is 10.5. The van der Waals surface area contributed by atoms with E-state index >= 15 is 0 Å². The molecule has 0 spiro atoms. The van der Waals surface area contributed by atoms with E-state index in [1.165, 1.54) is 26.2 Å². The molecule has 1 atom stereocenters. The first kappa shape index (κ1) is 12.4. The van der Waals surface area contributed by atoms with E-state index in [9.17, 15) is 9.18 Å². The van der Waals surface area contributed by atoms with Crippen molar-refractivity contribution in [1.82, 2.24) is 0 Å². The zero-order chi connectivity index (χ0) is 12.1. The van der Waals surface area contributed by atoms with E-state index in [4.69, 9.17) is 14.6 Å². The minimum absolute atomic E-state index is 0.0500. The van der Waals surface area contributed by atoms with Gasteiger partial charge in [0.2, 0.25) is 0 Å². The summed E-state index contributed by atoms with van der Waals surface area (Å²) in [6, 6.07) is 4.35. The average Bonchev–Trinajstić information content (AvgIpc) is 2.25. The SMILES string of the molecule is COc1ccc(CO[C@H](C)C(=O)O)cc1F. The van der Waals surface area contributed by atoms with Crippen LogP contribution in [0.5, 0.6) is 5.75 Å². The van der Waals surface area contributed by atoms with Gasteiger partial charge in [-0.05, 0) is 24.6 Å². The van der Waals surface area contributed by atoms with Crippen molar-refractivity contribution in [3.63, 3.8) is 0 Å². The second-order valence-corrected chi connectivity index (χ2v) is 3.26. The lowest BCUT2D eigenvalue weighted by atomic mass is 10.2. The summed E-state index contributed by atoms with van der Waals surface area (Å²) in [6.07, 6.45) is -0.912. The molecule has 0 saturated carbocycles. The molecule has 0 aliphatic rings. The zero-order valence-electron chi connectivity index (χ0n) is 9.07. The molecular formula is C11H13FO4. The van der Waals surface area contributed by atoms with E-state index < -0.39 is 17.9 Å². The van der Waals surface area contributed by atoms with Gasteiger partial charge < -0.3 is 14.6 Å². The molecule has 0 bridgehead atoms. The van der Waals surface area contributed by atoms with Crippen molar-refractivity contribution in [2.45, 2.75) is 19.6 Å². The largest absolute Gasteiger partial charge is 0.494 e. The lowest BCUT2D eigenvalue weighted by Gasteiger charge is -2.09. The maximum atomic E-state index is 13.2. The van der Waals surface area contributed by atoms with Crippen molar-refractivity contribution in [3.8, 4) is 5.75 Å². The molecule has 0 saturated heterocycles. The van der Waals surface area contributed by atoms with Gasteiger partial charge in [0.25, 0.3) is 0 Å². The monoisotopic (exact) mass is 228 g/mol. The highest BCUT2D eigenvalue weighted by atomic mass is 19.1. The standard InChI is InChI=1S/C11H13FO4/c1-7(11(13)14)16-6-8-3-4-10(15-2)9(12)5-8/h3-5,7H,6H2,1-2H3,(H,13,14)/t7-/m1/s1. The lowest BCUT2D eigenvalue weighted by Crippen LogP contribution is -2.19. The summed E-state index contributed by atoms with van der Waals surface area (Å²) in [5.41, 5.74) is 0.561. The molecule has 16 heavy (non-hydrogen) atoms. The summed E-state index contributed by atoms with van der Waals surface area (Å²) in [5, 5.41) is 8.58. The van der Waals surface area contributed by atoms with Gasteiger partial charge in [-0.25, -0.2) is 9.18 Å². The number of carbonyl (C=O) groups is 1. The summed E-state index contributed by atoms with van der Waals surface area (Å²) >= 11 is 0. The quantitative estimate of drug-likeness (QED) is 0.835. The fourth-order valence-corrected chi connectivity index (χ4v) is 1.09. The summed E-state index contributed by atoms with van der Waals surface area (Å²) < 4.78 is 23.0. The van der Waals surface area contributed by atoms with Gasteiger partial charge in [0.15, 0.2) is 17.7 Å². The Kier molecular flexibility index (Phi) is 4.25. The fourth-order valence-electron chi connectivity index (χ4n) is 1.09. The molecule has 5 heteroatoms. The van der Waals surface area contributed by atoms with Gasteiger partial charge in [-0.3, -0.25) is 0 Å². The predicted molar refractivity (Wildman–Crippen MR) is 54.8 cm³/mol. The molecule has 0 heterocycles. The van der Waals surface area contributed by atoms with E-state index in [2.05, 4.69) is 0 Å². The third-order valence-corrected chi connectivity index (χ3v) is 2.06. The molecule has 0 unspecified atom stereocenters. The van der Waals surface area contributed by atoms with Crippen LogP contribution in [0, 0.1) is 5.82 Å². The molecule has 0 aromatic heterocycles. The Morgan fingerprint density at radius 3 is 2.75 bits per heavy atom. The van der Waals surface area contributed by atoms with E-state index in [1.807, 2.05) is 0 Å². The van der Waals surface area contributed by atoms with Crippen LogP contribution in [0.15, 0.2) is 18.2 Å². The number of aliphatic carboxylic acids is 1. The van der Waals surface area contributed by atoms with E-state index in [0.717, 1.165) is 0 Å². The minimum atomic E-state index is -1.05. The van der Waals surface area contributed by atoms with Crippen molar-refractivity contribution in [3.05, 3.63) is 29.6 Å². The molecule has 0 radical (unpaired) electrons. The Balaban J connectivity index is 2.62. The predicted octanol–water partition coefficient (Wildman–Crippen LogP) is 1.82. The number of halogens is 1. The van der Waals surface area contributed by atoms with Crippen LogP contribution in [0.4, 0.5) is 4.39 Å². The number of hydrogen-bond donors (Lipinski definition) is 1. The molecule has 0 aliphatic carbocycles. The highest BCUT2D eigenvalue weighted by Gasteiger charge is 2.11. The van der Waals surface area contributed by atoms with Crippen LogP contribution in [-0.2, 0) is 16.1 Å². The number of hydrogen-bond acceptors (Lipinski definition) is 3. The van der Waals surface area contributed by atoms with Gasteiger partial charge in [0.05, 0.1) is 13.7 Å². The third kappa shape index (κ3) is 3.20. The zero-order valence-corrected chi connectivity index (χ0v) is 9.07. The molecule has 88 valence electrons. The van der Waals surface area contributed by atoms with Crippen molar-refractivity contribution < 1.29 is 23.8 Å². The number of rotatable bonds is 5. The van der Waals surface area contributed by atoms with Gasteiger partial charge >= 0.3 is 5.97 Å². The van der Waals surface area contributed by atoms with Crippen molar-refractivity contribution in [1.29, 1.82) is 0 Å². The van der Waals surface area contributed by atoms with Crippen LogP contribution in [0.3, 0.4) is 0 Å². The smallest absolute Gasteiger partial charge is 0.332 e. The number of benzene rings is 1. The number of ether oxygens (including phenoxy) is 2. The first-order chi connectivity index (χ1) is 7.54. The summed E-state index contributed by atoms with van der Waals surface area (Å²) in [5.74, 6) is -1.39. The first-order valence-corrected chi connectivity index (χ1v) is 4.71. The maximum absolute atomic E-state index is 13.2. The van der Waals surface area contributed by atoms with Crippen molar-refractivity contribution in [2.24, 2.45) is 0 Å². The Morgan fingerprint density at radius 2 is 2.25 bits per heavy atom. The Morgan fingerprint density at radius 1 is 1.56 bits per heavy atom. The Labute approximate surface area is 92.6 Å². The molecule has 1 aromatic rings. The molecule has 1 N–H and O–H groups in total. The van der Waals surface area contributed by atoms with E-state index in [-0.39, 0.29) is 12.4 Å². The van der Waals surface area contributed by atoms with Gasteiger partial charge in [0, 0.05) is 0 Å². The van der Waals surface area contributed by atoms with Crippen LogP contribution >= 0.6 is 0 Å². The molecule has 4 nitrogen and oxygen atoms in total. The third-order valence-electron chi connectivity index (χ3n) is 2.06. The van der Waals surface area contributed by atoms with Crippen molar-refractivity contribution in [2.75, 3.05) is 7.11 Å². The van der Waals surface area contributed by atoms with Gasteiger partial charge in [-0.1, -0.05) is 6.07 Å². The second-order valence-electron chi connectivity index (χ2n) is 3.26. The normalized spacial score (nSPS) is 12.2. The van der Waals surface area contributed by atoms with Crippen LogP contribution in [0.2, 0.25) is 0 Å². The van der Waals surface area contributed by atoms with Crippen LogP contribution in [0.25, 0.3) is 0 Å². The molecule has 1 aromatic carbocycles. The summed E-state index contributed by atoms with van der Waals surface area (Å²) in [7, 11) is 1.38. The molecule has 0 fully saturated rings. The number of methoxy groups -OCH3 is 1. The number of carboxylic acids is 1. The Hall–Kier alpha value is -1.62. The van der Waals surface area contributed by atoms with E-state index in [1.54, 1.807) is 6.07 Å². The highest BCUT2D eigenvalue weighted by Crippen LogP contribution is 2.18. The maximum Gasteiger partial charge on any atom is 0.332 e. The fraction of sp³-hybridized carbons (Fsp3) is 0.364. The van der Waals surface area contributed by atoms with Crippen LogP contribution in [0.1, 0.15) is 12.5 Å². The molecular weight excluding hydrogens is 215 g/mol. The van der Waals surface area contributed by atoms with Gasteiger partial charge in [-0.15, -0.1) is 0 Å². The Bertz CT molecular complexity index is 378. The minimum Gasteiger partial charge on any atom is -0.494 e. The van der Waals surface area contributed by atoms with Gasteiger partial charge in [0.1, 0.15) is 0 Å². The topological polar surface area (TPSA) is 55.8 Å².